The average Bonchev–Trinajstić information content (AvgIpc) is 1.79. The monoisotopic (exact) mass is 286 g/mol. The minimum atomic E-state index is -0.921. The van der Waals surface area contributed by atoms with E-state index < -0.39 is 17.0 Å². The molecule has 4 nitrogen and oxygen atoms in total. The number of carbonyl (C=O) groups excluding carboxylic acids is 2. The summed E-state index contributed by atoms with van der Waals surface area (Å²) in [6.45, 7) is 7.86. The van der Waals surface area contributed by atoms with Crippen molar-refractivity contribution in [2.24, 2.45) is 0 Å². The fourth-order valence-corrected chi connectivity index (χ4v) is 0.574. The molecule has 2 radical (unpaired) electrons. The molecule has 0 spiro atoms. The zero-order valence-electron chi connectivity index (χ0n) is 9.88. The molecular weight excluding hydrogens is 270 g/mol. The van der Waals surface area contributed by atoms with Crippen LogP contribution in [-0.4, -0.2) is 30.0 Å². The molecule has 0 aliphatic rings. The number of carbonyl (C=O) groups is 2. The number of hydrogen-bond acceptors (Lipinski definition) is 3. The molecule has 0 aromatic carbocycles. The molecule has 0 saturated carbocycles. The second-order valence-electron chi connectivity index (χ2n) is 4.31. The molecule has 0 rings (SSSR count). The Morgan fingerprint density at radius 3 is 1.87 bits per heavy atom. The predicted octanol–water partition coefficient (Wildman–Crippen LogP) is 1.98. The summed E-state index contributed by atoms with van der Waals surface area (Å²) in [5, 5.41) is 0. The molecule has 0 unspecified atom stereocenters. The number of rotatable bonds is 4. The third kappa shape index (κ3) is 6.44. The maximum absolute atomic E-state index is 11.1. The fourth-order valence-electron chi connectivity index (χ4n) is 0.574. The van der Waals surface area contributed by atoms with Gasteiger partial charge in [-0.25, -0.2) is 0 Å². The van der Waals surface area contributed by atoms with Gasteiger partial charge in [0.15, 0.2) is 0 Å². The normalized spacial score (nSPS) is 11.3. The summed E-state index contributed by atoms with van der Waals surface area (Å²) in [6.07, 6.45) is 0. The molecule has 0 aromatic rings. The summed E-state index contributed by atoms with van der Waals surface area (Å²) < 4.78 is 5.01. The van der Waals surface area contributed by atoms with Crippen molar-refractivity contribution < 1.29 is 47.0 Å². The van der Waals surface area contributed by atoms with Gasteiger partial charge in [-0.05, 0) is 20.8 Å². The predicted molar refractivity (Wildman–Crippen MR) is 55.4 cm³/mol. The van der Waals surface area contributed by atoms with E-state index in [0.29, 0.717) is 0 Å². The molecule has 0 amide bonds. The van der Waals surface area contributed by atoms with Gasteiger partial charge >= 0.3 is 7.28 Å². The van der Waals surface area contributed by atoms with Crippen LogP contribution in [0.2, 0.25) is 0 Å². The van der Waals surface area contributed by atoms with E-state index in [9.17, 15) is 9.59 Å². The van der Waals surface area contributed by atoms with Crippen LogP contribution < -0.4 is 0 Å². The minimum absolute atomic E-state index is 0. The Morgan fingerprint density at radius 1 is 1.20 bits per heavy atom. The van der Waals surface area contributed by atoms with Crippen molar-refractivity contribution in [1.82, 2.24) is 0 Å². The Hall–Kier alpha value is 0.269. The van der Waals surface area contributed by atoms with Gasteiger partial charge in [0, 0.05) is 32.7 Å². The van der Waals surface area contributed by atoms with Crippen molar-refractivity contribution in [1.29, 1.82) is 0 Å². The summed E-state index contributed by atoms with van der Waals surface area (Å²) in [4.78, 5) is 21.7. The Balaban J connectivity index is 0. The SMILES string of the molecule is CC(=O)[B]C(=O)OC(C)(C)C(C)(C)[NH-].[Y]. The second-order valence-corrected chi connectivity index (χ2v) is 4.31. The van der Waals surface area contributed by atoms with Gasteiger partial charge in [-0.2, -0.15) is 0 Å². The first-order chi connectivity index (χ1) is 6.06. The van der Waals surface area contributed by atoms with Crippen molar-refractivity contribution >= 4 is 18.8 Å². The van der Waals surface area contributed by atoms with Crippen LogP contribution in [0.3, 0.4) is 0 Å². The zero-order valence-corrected chi connectivity index (χ0v) is 12.7. The smallest absolute Gasteiger partial charge is 0.347 e. The van der Waals surface area contributed by atoms with Crippen molar-refractivity contribution in [3.63, 3.8) is 0 Å². The Morgan fingerprint density at radius 2 is 1.60 bits per heavy atom. The number of ether oxygens (including phenoxy) is 1. The molecule has 0 saturated heterocycles. The Bertz CT molecular complexity index is 248. The number of hydrogen-bond donors (Lipinski definition) is 0. The molecule has 0 heterocycles. The Labute approximate surface area is 117 Å². The van der Waals surface area contributed by atoms with Gasteiger partial charge < -0.3 is 15.3 Å². The molecule has 0 fully saturated rings. The summed E-state index contributed by atoms with van der Waals surface area (Å²) in [5.74, 6) is -0.692. The largest absolute Gasteiger partial charge is 0.669 e. The van der Waals surface area contributed by atoms with Crippen molar-refractivity contribution in [2.45, 2.75) is 45.8 Å². The Kier molecular flexibility index (Phi) is 7.20. The van der Waals surface area contributed by atoms with Gasteiger partial charge in [0.05, 0.1) is 11.3 Å². The summed E-state index contributed by atoms with van der Waals surface area (Å²) >= 11 is 0. The molecule has 0 atom stereocenters. The van der Waals surface area contributed by atoms with Crippen LogP contribution in [0.25, 0.3) is 5.73 Å². The molecular formula is C9H16BNO3Y-. The molecule has 0 aromatic heterocycles. The second kappa shape index (κ2) is 6.11. The van der Waals surface area contributed by atoms with Gasteiger partial charge in [0.1, 0.15) is 0 Å². The van der Waals surface area contributed by atoms with Gasteiger partial charge in [-0.15, -0.1) is 0 Å². The first-order valence-corrected chi connectivity index (χ1v) is 4.39. The quantitative estimate of drug-likeness (QED) is 0.742. The molecule has 15 heavy (non-hydrogen) atoms. The number of nitrogens with one attached hydrogen (secondary N) is 1. The maximum Gasteiger partial charge on any atom is 0.347 e. The van der Waals surface area contributed by atoms with E-state index in [2.05, 4.69) is 0 Å². The van der Waals surface area contributed by atoms with Crippen LogP contribution in [0.15, 0.2) is 0 Å². The standard InChI is InChI=1S/C9H16BNO3.Y/c1-6(12)10-7(13)14-9(4,5)8(2,3)11;/h11H,1-5H3;/q-1;. The summed E-state index contributed by atoms with van der Waals surface area (Å²) in [6, 6.07) is 0. The van der Waals surface area contributed by atoms with Crippen molar-refractivity contribution in [2.75, 3.05) is 0 Å². The molecule has 0 aliphatic heterocycles. The van der Waals surface area contributed by atoms with Gasteiger partial charge in [-0.1, -0.05) is 19.4 Å². The zero-order chi connectivity index (χ0) is 11.6. The first kappa shape index (κ1) is 17.7. The van der Waals surface area contributed by atoms with Crippen molar-refractivity contribution in [3.8, 4) is 0 Å². The van der Waals surface area contributed by atoms with E-state index in [1.165, 1.54) is 6.92 Å². The van der Waals surface area contributed by atoms with E-state index in [1.54, 1.807) is 27.7 Å². The fraction of sp³-hybridized carbons (Fsp3) is 0.778. The van der Waals surface area contributed by atoms with Crippen molar-refractivity contribution in [3.05, 3.63) is 5.73 Å². The van der Waals surface area contributed by atoms with E-state index in [0.717, 1.165) is 7.28 Å². The summed E-state index contributed by atoms with van der Waals surface area (Å²) in [5.41, 5.74) is 5.55. The topological polar surface area (TPSA) is 67.2 Å². The van der Waals surface area contributed by atoms with Crippen LogP contribution in [-0.2, 0) is 42.2 Å². The average molecular weight is 286 g/mol. The van der Waals surface area contributed by atoms with Crippen LogP contribution >= 0.6 is 0 Å². The molecule has 0 bridgehead atoms. The molecule has 6 heteroatoms. The summed E-state index contributed by atoms with van der Waals surface area (Å²) in [7, 11) is 0.882. The van der Waals surface area contributed by atoms with E-state index >= 15 is 0 Å². The first-order valence-electron chi connectivity index (χ1n) is 4.39. The van der Waals surface area contributed by atoms with Crippen LogP contribution in [0.4, 0.5) is 4.79 Å². The third-order valence-electron chi connectivity index (χ3n) is 2.18. The van der Waals surface area contributed by atoms with Gasteiger partial charge in [0.2, 0.25) is 0 Å². The van der Waals surface area contributed by atoms with E-state index in [1.807, 2.05) is 0 Å². The molecule has 0 aliphatic carbocycles. The van der Waals surface area contributed by atoms with Gasteiger partial charge in [0.25, 0.3) is 5.87 Å². The maximum atomic E-state index is 11.1. The third-order valence-corrected chi connectivity index (χ3v) is 2.18. The van der Waals surface area contributed by atoms with E-state index in [4.69, 9.17) is 10.5 Å². The van der Waals surface area contributed by atoms with Crippen LogP contribution in [0.1, 0.15) is 34.6 Å². The van der Waals surface area contributed by atoms with Crippen LogP contribution in [0.5, 0.6) is 0 Å². The molecule has 82 valence electrons. The van der Waals surface area contributed by atoms with Gasteiger partial charge in [-0.3, -0.25) is 4.79 Å². The molecule has 1 N–H and O–H groups in total. The van der Waals surface area contributed by atoms with Crippen LogP contribution in [0, 0.1) is 0 Å². The minimum Gasteiger partial charge on any atom is -0.669 e. The van der Waals surface area contributed by atoms with E-state index in [-0.39, 0.29) is 38.4 Å².